The average Bonchev–Trinajstić information content (AvgIpc) is 3.01. The number of imidazole rings is 1. The lowest BCUT2D eigenvalue weighted by Gasteiger charge is -2.31. The molecule has 0 saturated carbocycles. The topological polar surface area (TPSA) is 60.0 Å². The maximum atomic E-state index is 5.95. The summed E-state index contributed by atoms with van der Waals surface area (Å²) in [6.07, 6.45) is 7.86. The number of nitrogen functional groups attached to an aromatic ring is 1. The molecule has 1 saturated heterocycles. The second kappa shape index (κ2) is 8.09. The molecule has 0 radical (unpaired) electrons. The molecule has 5 heteroatoms. The molecule has 0 amide bonds. The van der Waals surface area contributed by atoms with Crippen molar-refractivity contribution in [3.63, 3.8) is 0 Å². The molecule has 2 N–H and O–H groups in total. The van der Waals surface area contributed by atoms with E-state index in [0.717, 1.165) is 24.4 Å². The van der Waals surface area contributed by atoms with Gasteiger partial charge >= 0.3 is 0 Å². The number of fused-ring (bicyclic) bond motifs is 1. The van der Waals surface area contributed by atoms with E-state index >= 15 is 0 Å². The Morgan fingerprint density at radius 3 is 2.70 bits per heavy atom. The highest BCUT2D eigenvalue weighted by atomic mass is 15.2. The minimum atomic E-state index is 0.690. The molecule has 1 aliphatic heterocycles. The molecule has 0 spiro atoms. The van der Waals surface area contributed by atoms with E-state index in [-0.39, 0.29) is 0 Å². The minimum Gasteiger partial charge on any atom is -0.383 e. The molecule has 4 rings (SSSR count). The van der Waals surface area contributed by atoms with Crippen molar-refractivity contribution in [3.8, 4) is 0 Å². The second-order valence-corrected chi connectivity index (χ2v) is 7.74. The fraction of sp³-hybridized carbons (Fsp3) is 0.455. The molecule has 0 bridgehead atoms. The van der Waals surface area contributed by atoms with Gasteiger partial charge < -0.3 is 10.3 Å². The summed E-state index contributed by atoms with van der Waals surface area (Å²) in [4.78, 5) is 11.6. The molecule has 3 aromatic rings. The Labute approximate surface area is 161 Å². The van der Waals surface area contributed by atoms with Crippen molar-refractivity contribution in [1.82, 2.24) is 19.4 Å². The number of pyridine rings is 1. The number of rotatable bonds is 6. The van der Waals surface area contributed by atoms with E-state index in [4.69, 9.17) is 10.7 Å². The summed E-state index contributed by atoms with van der Waals surface area (Å²) in [7, 11) is 2.13. The van der Waals surface area contributed by atoms with Gasteiger partial charge in [-0.25, -0.2) is 9.97 Å². The zero-order chi connectivity index (χ0) is 18.6. The predicted octanol–water partition coefficient (Wildman–Crippen LogP) is 3.79. The summed E-state index contributed by atoms with van der Waals surface area (Å²) in [5.74, 6) is 2.69. The summed E-state index contributed by atoms with van der Waals surface area (Å²) in [5, 5.41) is 0. The van der Waals surface area contributed by atoms with Crippen LogP contribution in [0.1, 0.15) is 37.1 Å². The lowest BCUT2D eigenvalue weighted by atomic mass is 9.91. The Balaban J connectivity index is 1.25. The Hall–Kier alpha value is -2.40. The van der Waals surface area contributed by atoms with Gasteiger partial charge in [-0.05, 0) is 68.5 Å². The fourth-order valence-electron chi connectivity index (χ4n) is 4.21. The van der Waals surface area contributed by atoms with Crippen LogP contribution in [0.2, 0.25) is 0 Å². The van der Waals surface area contributed by atoms with Gasteiger partial charge in [-0.1, -0.05) is 24.6 Å². The van der Waals surface area contributed by atoms with Gasteiger partial charge in [0.1, 0.15) is 11.6 Å². The number of aromatic nitrogens is 3. The smallest absolute Gasteiger partial charge is 0.126 e. The van der Waals surface area contributed by atoms with Crippen molar-refractivity contribution in [2.45, 2.75) is 38.6 Å². The number of aryl methyl sites for hydroxylation is 2. The van der Waals surface area contributed by atoms with Crippen LogP contribution in [0.3, 0.4) is 0 Å². The number of nitrogens with two attached hydrogens (primary N) is 1. The SMILES string of the molecule is Cn1c(CN2CCC(CCCc3cccnc3N)CC2)nc2ccccc21. The fourth-order valence-corrected chi connectivity index (χ4v) is 4.21. The minimum absolute atomic E-state index is 0.690. The third-order valence-corrected chi connectivity index (χ3v) is 5.94. The monoisotopic (exact) mass is 363 g/mol. The first-order chi connectivity index (χ1) is 13.2. The van der Waals surface area contributed by atoms with Crippen LogP contribution in [-0.2, 0) is 20.0 Å². The molecule has 0 unspecified atom stereocenters. The summed E-state index contributed by atoms with van der Waals surface area (Å²) in [6.45, 7) is 3.29. The number of para-hydroxylation sites is 2. The zero-order valence-electron chi connectivity index (χ0n) is 16.1. The van der Waals surface area contributed by atoms with Crippen molar-refractivity contribution < 1.29 is 0 Å². The van der Waals surface area contributed by atoms with Gasteiger partial charge in [-0.2, -0.15) is 0 Å². The van der Waals surface area contributed by atoms with Crippen LogP contribution in [0.15, 0.2) is 42.6 Å². The molecule has 27 heavy (non-hydrogen) atoms. The number of hydrogen-bond acceptors (Lipinski definition) is 4. The first kappa shape index (κ1) is 18.0. The van der Waals surface area contributed by atoms with E-state index in [0.29, 0.717) is 5.82 Å². The Bertz CT molecular complexity index is 893. The van der Waals surface area contributed by atoms with Crippen LogP contribution >= 0.6 is 0 Å². The molecule has 142 valence electrons. The lowest BCUT2D eigenvalue weighted by Crippen LogP contribution is -2.34. The van der Waals surface area contributed by atoms with Crippen molar-refractivity contribution in [2.24, 2.45) is 13.0 Å². The molecular weight excluding hydrogens is 334 g/mol. The molecule has 3 heterocycles. The second-order valence-electron chi connectivity index (χ2n) is 7.74. The van der Waals surface area contributed by atoms with E-state index in [1.807, 2.05) is 6.07 Å². The number of benzene rings is 1. The van der Waals surface area contributed by atoms with E-state index < -0.39 is 0 Å². The maximum absolute atomic E-state index is 5.95. The molecular formula is C22H29N5. The quantitative estimate of drug-likeness (QED) is 0.724. The third kappa shape index (κ3) is 4.14. The summed E-state index contributed by atoms with van der Waals surface area (Å²) in [6, 6.07) is 12.5. The van der Waals surface area contributed by atoms with Crippen molar-refractivity contribution >= 4 is 16.9 Å². The highest BCUT2D eigenvalue weighted by Gasteiger charge is 2.20. The standard InChI is InChI=1S/C22H29N5/c1-26-20-10-3-2-9-19(20)25-21(26)16-27-14-11-17(12-15-27)6-4-7-18-8-5-13-24-22(18)23/h2-3,5,8-10,13,17H,4,6-7,11-12,14-16H2,1H3,(H2,23,24). The maximum Gasteiger partial charge on any atom is 0.126 e. The van der Waals surface area contributed by atoms with Gasteiger partial charge in [-0.3, -0.25) is 4.90 Å². The number of nitrogens with zero attached hydrogens (tertiary/aromatic N) is 4. The third-order valence-electron chi connectivity index (χ3n) is 5.94. The van der Waals surface area contributed by atoms with Gasteiger partial charge in [0.05, 0.1) is 17.6 Å². The van der Waals surface area contributed by atoms with Crippen LogP contribution in [0.4, 0.5) is 5.82 Å². The van der Waals surface area contributed by atoms with Gasteiger partial charge in [0, 0.05) is 13.2 Å². The zero-order valence-corrected chi connectivity index (χ0v) is 16.1. The van der Waals surface area contributed by atoms with Gasteiger partial charge in [0.25, 0.3) is 0 Å². The molecule has 1 fully saturated rings. The van der Waals surface area contributed by atoms with Crippen molar-refractivity contribution in [2.75, 3.05) is 18.8 Å². The molecule has 2 aromatic heterocycles. The Kier molecular flexibility index (Phi) is 5.39. The van der Waals surface area contributed by atoms with Crippen molar-refractivity contribution in [3.05, 3.63) is 54.0 Å². The van der Waals surface area contributed by atoms with Gasteiger partial charge in [0.2, 0.25) is 0 Å². The molecule has 5 nitrogen and oxygen atoms in total. The number of likely N-dealkylation sites (tertiary alicyclic amines) is 1. The molecule has 0 atom stereocenters. The van der Waals surface area contributed by atoms with E-state index in [9.17, 15) is 0 Å². The normalized spacial score (nSPS) is 16.2. The summed E-state index contributed by atoms with van der Waals surface area (Å²) in [5.41, 5.74) is 9.45. The lowest BCUT2D eigenvalue weighted by molar-refractivity contribution is 0.166. The van der Waals surface area contributed by atoms with Crippen LogP contribution in [0.25, 0.3) is 11.0 Å². The highest BCUT2D eigenvalue weighted by molar-refractivity contribution is 5.75. The van der Waals surface area contributed by atoms with Gasteiger partial charge in [0.15, 0.2) is 0 Å². The number of anilines is 1. The first-order valence-electron chi connectivity index (χ1n) is 10.0. The van der Waals surface area contributed by atoms with E-state index in [1.54, 1.807) is 6.20 Å². The molecule has 1 aromatic carbocycles. The Morgan fingerprint density at radius 1 is 1.11 bits per heavy atom. The molecule has 1 aliphatic rings. The van der Waals surface area contributed by atoms with Crippen LogP contribution in [0, 0.1) is 5.92 Å². The van der Waals surface area contributed by atoms with Crippen LogP contribution in [0.5, 0.6) is 0 Å². The van der Waals surface area contributed by atoms with Gasteiger partial charge in [-0.15, -0.1) is 0 Å². The highest BCUT2D eigenvalue weighted by Crippen LogP contribution is 2.25. The summed E-state index contributed by atoms with van der Waals surface area (Å²) < 4.78 is 2.24. The van der Waals surface area contributed by atoms with E-state index in [2.05, 4.69) is 51.8 Å². The van der Waals surface area contributed by atoms with Crippen LogP contribution in [-0.4, -0.2) is 32.5 Å². The number of piperidine rings is 1. The molecule has 0 aliphatic carbocycles. The van der Waals surface area contributed by atoms with Crippen molar-refractivity contribution in [1.29, 1.82) is 0 Å². The Morgan fingerprint density at radius 2 is 1.93 bits per heavy atom. The van der Waals surface area contributed by atoms with E-state index in [1.165, 1.54) is 55.7 Å². The number of hydrogen-bond donors (Lipinski definition) is 1. The largest absolute Gasteiger partial charge is 0.383 e. The predicted molar refractivity (Wildman–Crippen MR) is 110 cm³/mol. The van der Waals surface area contributed by atoms with Crippen LogP contribution < -0.4 is 5.73 Å². The average molecular weight is 364 g/mol. The summed E-state index contributed by atoms with van der Waals surface area (Å²) >= 11 is 0. The first-order valence-corrected chi connectivity index (χ1v) is 10.0.